The molecule has 1 amide bonds. The number of aryl methyl sites for hydroxylation is 1. The lowest BCUT2D eigenvalue weighted by molar-refractivity contribution is -0.00189. The lowest BCUT2D eigenvalue weighted by Gasteiger charge is -2.36. The van der Waals surface area contributed by atoms with Gasteiger partial charge < -0.3 is 9.64 Å². The van der Waals surface area contributed by atoms with Crippen molar-refractivity contribution in [3.05, 3.63) is 89.8 Å². The monoisotopic (exact) mass is 446 g/mol. The molecule has 8 nitrogen and oxygen atoms in total. The van der Waals surface area contributed by atoms with Crippen LogP contribution in [0.5, 0.6) is 0 Å². The van der Waals surface area contributed by atoms with Crippen molar-refractivity contribution < 1.29 is 13.9 Å². The fraction of sp³-hybridized carbons (Fsp3) is 0.250. The summed E-state index contributed by atoms with van der Waals surface area (Å²) in [6, 6.07) is 12.9. The minimum Gasteiger partial charge on any atom is -0.377 e. The highest BCUT2D eigenvalue weighted by atomic mass is 19.1. The van der Waals surface area contributed by atoms with Crippen molar-refractivity contribution in [2.24, 2.45) is 0 Å². The van der Waals surface area contributed by atoms with E-state index in [1.165, 1.54) is 17.2 Å². The van der Waals surface area contributed by atoms with Crippen LogP contribution in [0.25, 0.3) is 11.4 Å². The van der Waals surface area contributed by atoms with Gasteiger partial charge in [-0.15, -0.1) is 0 Å². The molecule has 0 aliphatic carbocycles. The van der Waals surface area contributed by atoms with E-state index in [1.54, 1.807) is 34.8 Å². The van der Waals surface area contributed by atoms with E-state index in [0.29, 0.717) is 37.4 Å². The summed E-state index contributed by atoms with van der Waals surface area (Å²) in [7, 11) is 0. The van der Waals surface area contributed by atoms with Crippen molar-refractivity contribution in [3.63, 3.8) is 0 Å². The predicted molar refractivity (Wildman–Crippen MR) is 119 cm³/mol. The second-order valence-electron chi connectivity index (χ2n) is 7.96. The molecular formula is C24H23FN6O2. The first kappa shape index (κ1) is 21.0. The first-order valence-electron chi connectivity index (χ1n) is 10.8. The number of hydrogen-bond donors (Lipinski definition) is 0. The average Bonchev–Trinajstić information content (AvgIpc) is 3.56. The summed E-state index contributed by atoms with van der Waals surface area (Å²) in [4.78, 5) is 16.7. The minimum absolute atomic E-state index is 0.0246. The highest BCUT2D eigenvalue weighted by molar-refractivity contribution is 5.98. The molecule has 1 fully saturated rings. The van der Waals surface area contributed by atoms with Gasteiger partial charge in [0.15, 0.2) is 0 Å². The number of rotatable bonds is 5. The van der Waals surface area contributed by atoms with Gasteiger partial charge in [-0.05, 0) is 48.7 Å². The lowest BCUT2D eigenvalue weighted by atomic mass is 10.0. The zero-order valence-electron chi connectivity index (χ0n) is 18.1. The predicted octanol–water partition coefficient (Wildman–Crippen LogP) is 2.98. The summed E-state index contributed by atoms with van der Waals surface area (Å²) in [6.07, 6.45) is 7.17. The molecular weight excluding hydrogens is 423 g/mol. The maximum Gasteiger partial charge on any atom is 0.259 e. The van der Waals surface area contributed by atoms with E-state index in [9.17, 15) is 4.79 Å². The smallest absolute Gasteiger partial charge is 0.259 e. The third-order valence-electron chi connectivity index (χ3n) is 5.80. The molecule has 1 saturated heterocycles. The maximum atomic E-state index is 15.3. The van der Waals surface area contributed by atoms with Gasteiger partial charge in [0.2, 0.25) is 0 Å². The van der Waals surface area contributed by atoms with Crippen LogP contribution in [0.4, 0.5) is 4.39 Å². The van der Waals surface area contributed by atoms with Crippen molar-refractivity contribution in [2.45, 2.75) is 19.4 Å². The second-order valence-corrected chi connectivity index (χ2v) is 7.96. The zero-order chi connectivity index (χ0) is 22.8. The highest BCUT2D eigenvalue weighted by Gasteiger charge is 2.32. The number of benzene rings is 2. The van der Waals surface area contributed by atoms with Crippen LogP contribution in [0.3, 0.4) is 0 Å². The topological polar surface area (TPSA) is 78.1 Å². The zero-order valence-corrected chi connectivity index (χ0v) is 18.1. The van der Waals surface area contributed by atoms with Gasteiger partial charge in [-0.2, -0.15) is 20.1 Å². The molecule has 1 unspecified atom stereocenters. The SMILES string of the molecule is Cc1ccc(-n2nccn2)c(C(=O)N2CCOCC2Cc2cccc(-n3cccn3)c2)c1F. The van der Waals surface area contributed by atoms with E-state index in [0.717, 1.165) is 11.3 Å². The normalized spacial score (nSPS) is 16.2. The highest BCUT2D eigenvalue weighted by Crippen LogP contribution is 2.25. The lowest BCUT2D eigenvalue weighted by Crippen LogP contribution is -2.50. The van der Waals surface area contributed by atoms with E-state index in [1.807, 2.05) is 36.5 Å². The Kier molecular flexibility index (Phi) is 5.70. The first-order chi connectivity index (χ1) is 16.1. The Hall–Kier alpha value is -3.85. The molecule has 0 saturated carbocycles. The van der Waals surface area contributed by atoms with E-state index < -0.39 is 5.82 Å². The number of nitrogens with zero attached hydrogens (tertiary/aromatic N) is 6. The van der Waals surface area contributed by atoms with Crippen molar-refractivity contribution in [1.29, 1.82) is 0 Å². The van der Waals surface area contributed by atoms with E-state index in [4.69, 9.17) is 4.74 Å². The standard InChI is InChI=1S/C24H23FN6O2/c1-17-6-7-21(31-27-9-10-28-31)22(23(17)25)24(32)29-12-13-33-16-20(29)15-18-4-2-5-19(14-18)30-11-3-8-26-30/h2-11,14,20H,12-13,15-16H2,1H3. The Morgan fingerprint density at radius 3 is 2.76 bits per heavy atom. The number of aromatic nitrogens is 5. The summed E-state index contributed by atoms with van der Waals surface area (Å²) >= 11 is 0. The van der Waals surface area contributed by atoms with Crippen molar-refractivity contribution in [3.8, 4) is 11.4 Å². The number of carbonyl (C=O) groups excluding carboxylic acids is 1. The molecule has 1 aliphatic rings. The summed E-state index contributed by atoms with van der Waals surface area (Å²) in [5.74, 6) is -0.944. The molecule has 5 rings (SSSR count). The molecule has 0 bridgehead atoms. The maximum absolute atomic E-state index is 15.3. The Morgan fingerprint density at radius 2 is 1.97 bits per heavy atom. The van der Waals surface area contributed by atoms with Crippen LogP contribution in [-0.4, -0.2) is 61.4 Å². The fourth-order valence-electron chi connectivity index (χ4n) is 4.13. The van der Waals surface area contributed by atoms with Crippen LogP contribution in [0.15, 0.2) is 67.3 Å². The number of hydrogen-bond acceptors (Lipinski definition) is 5. The Bertz CT molecular complexity index is 1260. The molecule has 2 aromatic heterocycles. The summed E-state index contributed by atoms with van der Waals surface area (Å²) < 4.78 is 22.7. The fourth-order valence-corrected chi connectivity index (χ4v) is 4.13. The van der Waals surface area contributed by atoms with Gasteiger partial charge in [-0.3, -0.25) is 4.79 Å². The third-order valence-corrected chi connectivity index (χ3v) is 5.80. The number of halogens is 1. The van der Waals surface area contributed by atoms with Gasteiger partial charge >= 0.3 is 0 Å². The molecule has 168 valence electrons. The Balaban J connectivity index is 1.46. The van der Waals surface area contributed by atoms with Crippen LogP contribution in [0.2, 0.25) is 0 Å². The molecule has 1 atom stereocenters. The average molecular weight is 446 g/mol. The van der Waals surface area contributed by atoms with E-state index in [2.05, 4.69) is 15.3 Å². The number of morpholine rings is 1. The molecule has 0 spiro atoms. The van der Waals surface area contributed by atoms with Gasteiger partial charge in [0.25, 0.3) is 5.91 Å². The van der Waals surface area contributed by atoms with Gasteiger partial charge in [0, 0.05) is 18.9 Å². The molecule has 0 N–H and O–H groups in total. The minimum atomic E-state index is -0.555. The molecule has 9 heteroatoms. The number of ether oxygens (including phenoxy) is 1. The summed E-state index contributed by atoms with van der Waals surface area (Å²) in [5, 5.41) is 12.5. The Morgan fingerprint density at radius 1 is 1.12 bits per heavy atom. The van der Waals surface area contributed by atoms with Crippen molar-refractivity contribution in [2.75, 3.05) is 19.8 Å². The van der Waals surface area contributed by atoms with Crippen LogP contribution < -0.4 is 0 Å². The van der Waals surface area contributed by atoms with Gasteiger partial charge in [0.05, 0.1) is 37.3 Å². The summed E-state index contributed by atoms with van der Waals surface area (Å²) in [6.45, 7) is 2.80. The first-order valence-corrected chi connectivity index (χ1v) is 10.8. The van der Waals surface area contributed by atoms with Crippen LogP contribution in [0, 0.1) is 12.7 Å². The summed E-state index contributed by atoms with van der Waals surface area (Å²) in [5.41, 5.74) is 2.66. The molecule has 3 heterocycles. The van der Waals surface area contributed by atoms with Crippen molar-refractivity contribution >= 4 is 5.91 Å². The second kappa shape index (κ2) is 8.95. The van der Waals surface area contributed by atoms with Crippen LogP contribution in [0.1, 0.15) is 21.5 Å². The van der Waals surface area contributed by atoms with Gasteiger partial charge in [-0.1, -0.05) is 18.2 Å². The van der Waals surface area contributed by atoms with Crippen LogP contribution >= 0.6 is 0 Å². The molecule has 4 aromatic rings. The molecule has 0 radical (unpaired) electrons. The van der Waals surface area contributed by atoms with Crippen molar-refractivity contribution in [1.82, 2.24) is 29.7 Å². The van der Waals surface area contributed by atoms with Crippen LogP contribution in [-0.2, 0) is 11.2 Å². The van der Waals surface area contributed by atoms with E-state index in [-0.39, 0.29) is 17.5 Å². The van der Waals surface area contributed by atoms with E-state index >= 15 is 4.39 Å². The Labute approximate surface area is 190 Å². The molecule has 1 aliphatic heterocycles. The van der Waals surface area contributed by atoms with Gasteiger partial charge in [0.1, 0.15) is 17.1 Å². The molecule has 33 heavy (non-hydrogen) atoms. The number of carbonyl (C=O) groups is 1. The third kappa shape index (κ3) is 4.14. The quantitative estimate of drug-likeness (QED) is 0.471. The molecule has 2 aromatic carbocycles. The van der Waals surface area contributed by atoms with Gasteiger partial charge in [-0.25, -0.2) is 9.07 Å². The number of amides is 1. The largest absolute Gasteiger partial charge is 0.377 e.